The van der Waals surface area contributed by atoms with Gasteiger partial charge in [0.25, 0.3) is 0 Å². The lowest BCUT2D eigenvalue weighted by atomic mass is 9.95. The number of halogens is 1. The van der Waals surface area contributed by atoms with Crippen LogP contribution < -0.4 is 0 Å². The largest absolute Gasteiger partial charge is 0.0925 e. The minimum Gasteiger partial charge on any atom is -0.0925 e. The number of rotatable bonds is 5. The van der Waals surface area contributed by atoms with E-state index in [1.54, 1.807) is 0 Å². The molecule has 0 N–H and O–H groups in total. The first-order chi connectivity index (χ1) is 4.70. The fourth-order valence-corrected chi connectivity index (χ4v) is 1.92. The van der Waals surface area contributed by atoms with Crippen LogP contribution in [0, 0.1) is 11.8 Å². The topological polar surface area (TPSA) is 0 Å². The second-order valence-electron chi connectivity index (χ2n) is 3.44. The Morgan fingerprint density at radius 3 is 2.20 bits per heavy atom. The van der Waals surface area contributed by atoms with Gasteiger partial charge in [0.2, 0.25) is 0 Å². The van der Waals surface area contributed by atoms with E-state index in [0.717, 1.165) is 11.8 Å². The lowest BCUT2D eigenvalue weighted by molar-refractivity contribution is 0.420. The highest BCUT2D eigenvalue weighted by Gasteiger charge is 2.07. The van der Waals surface area contributed by atoms with E-state index in [9.17, 15) is 0 Å². The van der Waals surface area contributed by atoms with E-state index >= 15 is 0 Å². The molecule has 0 spiro atoms. The number of alkyl halides is 1. The summed E-state index contributed by atoms with van der Waals surface area (Å²) in [7, 11) is 0. The maximum atomic E-state index is 3.55. The Morgan fingerprint density at radius 1 is 1.30 bits per heavy atom. The monoisotopic (exact) mass is 206 g/mol. The van der Waals surface area contributed by atoms with Crippen molar-refractivity contribution in [2.24, 2.45) is 11.8 Å². The molecule has 62 valence electrons. The molecular formula is C9H19Br. The van der Waals surface area contributed by atoms with Crippen LogP contribution in [0.4, 0.5) is 0 Å². The van der Waals surface area contributed by atoms with Gasteiger partial charge < -0.3 is 0 Å². The van der Waals surface area contributed by atoms with Crippen LogP contribution >= 0.6 is 15.9 Å². The fourth-order valence-electron chi connectivity index (χ4n) is 1.33. The van der Waals surface area contributed by atoms with Gasteiger partial charge in [-0.1, -0.05) is 43.1 Å². The first kappa shape index (κ1) is 10.5. The SMILES string of the molecule is CCCC(CBr)CC(C)C. The average Bonchev–Trinajstić information content (AvgIpc) is 1.86. The highest BCUT2D eigenvalue weighted by molar-refractivity contribution is 9.09. The molecular weight excluding hydrogens is 188 g/mol. The van der Waals surface area contributed by atoms with Crippen LogP contribution in [-0.2, 0) is 0 Å². The molecule has 0 aliphatic rings. The Morgan fingerprint density at radius 2 is 1.90 bits per heavy atom. The van der Waals surface area contributed by atoms with E-state index < -0.39 is 0 Å². The van der Waals surface area contributed by atoms with E-state index in [1.165, 1.54) is 24.6 Å². The van der Waals surface area contributed by atoms with Crippen molar-refractivity contribution in [1.82, 2.24) is 0 Å². The van der Waals surface area contributed by atoms with Gasteiger partial charge in [-0.3, -0.25) is 0 Å². The molecule has 0 aliphatic heterocycles. The van der Waals surface area contributed by atoms with Crippen molar-refractivity contribution in [3.8, 4) is 0 Å². The van der Waals surface area contributed by atoms with E-state index in [1.807, 2.05) is 0 Å². The molecule has 0 aromatic carbocycles. The molecule has 1 atom stereocenters. The third kappa shape index (κ3) is 5.28. The van der Waals surface area contributed by atoms with Crippen molar-refractivity contribution in [2.45, 2.75) is 40.0 Å². The summed E-state index contributed by atoms with van der Waals surface area (Å²) in [6.07, 6.45) is 4.07. The third-order valence-corrected chi connectivity index (χ3v) is 2.64. The Hall–Kier alpha value is 0.480. The van der Waals surface area contributed by atoms with Gasteiger partial charge in [0, 0.05) is 5.33 Å². The Balaban J connectivity index is 3.39. The molecule has 0 aliphatic carbocycles. The molecule has 0 radical (unpaired) electrons. The molecule has 0 heterocycles. The standard InChI is InChI=1S/C9H19Br/c1-4-5-9(7-10)6-8(2)3/h8-9H,4-7H2,1-3H3. The zero-order chi connectivity index (χ0) is 7.98. The van der Waals surface area contributed by atoms with Crippen molar-refractivity contribution in [1.29, 1.82) is 0 Å². The summed E-state index contributed by atoms with van der Waals surface area (Å²) in [5.74, 6) is 1.76. The molecule has 0 bridgehead atoms. The van der Waals surface area contributed by atoms with Crippen LogP contribution in [0.1, 0.15) is 40.0 Å². The van der Waals surface area contributed by atoms with Crippen LogP contribution in [0.25, 0.3) is 0 Å². The third-order valence-electron chi connectivity index (χ3n) is 1.72. The highest BCUT2D eigenvalue weighted by atomic mass is 79.9. The molecule has 1 unspecified atom stereocenters. The average molecular weight is 207 g/mol. The molecule has 10 heavy (non-hydrogen) atoms. The van der Waals surface area contributed by atoms with Crippen molar-refractivity contribution in [2.75, 3.05) is 5.33 Å². The van der Waals surface area contributed by atoms with Crippen molar-refractivity contribution in [3.63, 3.8) is 0 Å². The quantitative estimate of drug-likeness (QED) is 0.601. The first-order valence-corrected chi connectivity index (χ1v) is 5.38. The number of hydrogen-bond acceptors (Lipinski definition) is 0. The maximum absolute atomic E-state index is 3.55. The van der Waals surface area contributed by atoms with Crippen LogP contribution in [0.3, 0.4) is 0 Å². The molecule has 0 rings (SSSR count). The van der Waals surface area contributed by atoms with Gasteiger partial charge in [0.05, 0.1) is 0 Å². The summed E-state index contributed by atoms with van der Waals surface area (Å²) < 4.78 is 0. The minimum absolute atomic E-state index is 0.856. The number of hydrogen-bond donors (Lipinski definition) is 0. The molecule has 0 nitrogen and oxygen atoms in total. The minimum atomic E-state index is 0.856. The van der Waals surface area contributed by atoms with Crippen LogP contribution in [-0.4, -0.2) is 5.33 Å². The van der Waals surface area contributed by atoms with Gasteiger partial charge >= 0.3 is 0 Å². The van der Waals surface area contributed by atoms with Gasteiger partial charge in [-0.2, -0.15) is 0 Å². The molecule has 0 fully saturated rings. The summed E-state index contributed by atoms with van der Waals surface area (Å²) in [5.41, 5.74) is 0. The molecule has 0 saturated carbocycles. The van der Waals surface area contributed by atoms with Gasteiger partial charge in [-0.15, -0.1) is 0 Å². The zero-order valence-electron chi connectivity index (χ0n) is 7.36. The molecule has 0 amide bonds. The predicted octanol–water partition coefficient (Wildman–Crippen LogP) is 3.84. The molecule has 0 aromatic heterocycles. The smallest absolute Gasteiger partial charge is 0.00597 e. The second-order valence-corrected chi connectivity index (χ2v) is 4.09. The zero-order valence-corrected chi connectivity index (χ0v) is 8.95. The summed E-state index contributed by atoms with van der Waals surface area (Å²) in [6.45, 7) is 6.85. The first-order valence-electron chi connectivity index (χ1n) is 4.26. The van der Waals surface area contributed by atoms with Gasteiger partial charge in [0.1, 0.15) is 0 Å². The Bertz CT molecular complexity index is 69.1. The van der Waals surface area contributed by atoms with Crippen LogP contribution in [0.5, 0.6) is 0 Å². The summed E-state index contributed by atoms with van der Waals surface area (Å²) in [4.78, 5) is 0. The summed E-state index contributed by atoms with van der Waals surface area (Å²) in [5, 5.41) is 1.18. The second kappa shape index (κ2) is 6.21. The summed E-state index contributed by atoms with van der Waals surface area (Å²) >= 11 is 3.55. The van der Waals surface area contributed by atoms with Crippen molar-refractivity contribution in [3.05, 3.63) is 0 Å². The predicted molar refractivity (Wildman–Crippen MR) is 51.6 cm³/mol. The lowest BCUT2D eigenvalue weighted by Crippen LogP contribution is -2.05. The van der Waals surface area contributed by atoms with E-state index in [0.29, 0.717) is 0 Å². The molecule has 1 heteroatoms. The van der Waals surface area contributed by atoms with Gasteiger partial charge in [-0.05, 0) is 24.7 Å². The van der Waals surface area contributed by atoms with Gasteiger partial charge in [0.15, 0.2) is 0 Å². The Labute approximate surface area is 73.5 Å². The van der Waals surface area contributed by atoms with E-state index in [4.69, 9.17) is 0 Å². The van der Waals surface area contributed by atoms with Crippen molar-refractivity contribution >= 4 is 15.9 Å². The molecule has 0 saturated heterocycles. The Kier molecular flexibility index (Phi) is 6.50. The van der Waals surface area contributed by atoms with Crippen LogP contribution in [0.2, 0.25) is 0 Å². The van der Waals surface area contributed by atoms with E-state index in [2.05, 4.69) is 36.7 Å². The molecule has 0 aromatic rings. The normalized spacial score (nSPS) is 14.1. The summed E-state index contributed by atoms with van der Waals surface area (Å²) in [6, 6.07) is 0. The fraction of sp³-hybridized carbons (Fsp3) is 1.00. The van der Waals surface area contributed by atoms with Gasteiger partial charge in [-0.25, -0.2) is 0 Å². The maximum Gasteiger partial charge on any atom is 0.00597 e. The lowest BCUT2D eigenvalue weighted by Gasteiger charge is -2.14. The highest BCUT2D eigenvalue weighted by Crippen LogP contribution is 2.18. The van der Waals surface area contributed by atoms with E-state index in [-0.39, 0.29) is 0 Å². The van der Waals surface area contributed by atoms with Crippen LogP contribution in [0.15, 0.2) is 0 Å². The van der Waals surface area contributed by atoms with Crippen molar-refractivity contribution < 1.29 is 0 Å².